The van der Waals surface area contributed by atoms with Crippen LogP contribution in [0.3, 0.4) is 0 Å². The van der Waals surface area contributed by atoms with E-state index in [1.165, 1.54) is 17.0 Å². The fourth-order valence-electron chi connectivity index (χ4n) is 2.78. The van der Waals surface area contributed by atoms with Crippen molar-refractivity contribution in [1.29, 1.82) is 0 Å². The van der Waals surface area contributed by atoms with Gasteiger partial charge in [0.2, 0.25) is 0 Å². The summed E-state index contributed by atoms with van der Waals surface area (Å²) >= 11 is 1.78. The molecule has 1 atom stereocenters. The Morgan fingerprint density at radius 2 is 1.63 bits per heavy atom. The molecule has 1 unspecified atom stereocenters. The highest BCUT2D eigenvalue weighted by Crippen LogP contribution is 2.56. The largest absolute Gasteiger partial charge is 0.317 e. The third-order valence-corrected chi connectivity index (χ3v) is 5.33. The molecule has 0 bridgehead atoms. The molecule has 0 amide bonds. The second-order valence-corrected chi connectivity index (χ2v) is 7.09. The summed E-state index contributed by atoms with van der Waals surface area (Å²) in [5, 5.41) is 0. The Bertz CT molecular complexity index is 621. The fourth-order valence-corrected chi connectivity index (χ4v) is 4.20. The number of fused-ring (bicyclic) bond motifs is 1. The summed E-state index contributed by atoms with van der Waals surface area (Å²) in [4.78, 5) is 1.21. The number of halogens is 1. The number of hydrogen-bond acceptors (Lipinski definition) is 2. The molecule has 1 nitrogen and oxygen atoms in total. The van der Waals surface area contributed by atoms with Crippen molar-refractivity contribution in [3.05, 3.63) is 65.5 Å². The van der Waals surface area contributed by atoms with E-state index in [-0.39, 0.29) is 10.6 Å². The zero-order chi connectivity index (χ0) is 13.7. The topological polar surface area (TPSA) is 26.0 Å². The molecule has 19 heavy (non-hydrogen) atoms. The van der Waals surface area contributed by atoms with E-state index in [1.54, 1.807) is 23.9 Å². The summed E-state index contributed by atoms with van der Waals surface area (Å²) in [6.45, 7) is 4.28. The van der Waals surface area contributed by atoms with Crippen LogP contribution in [0.2, 0.25) is 0 Å². The first kappa shape index (κ1) is 12.7. The van der Waals surface area contributed by atoms with Crippen LogP contribution in [0.4, 0.5) is 4.39 Å². The molecule has 0 radical (unpaired) electrons. The fraction of sp³-hybridized carbons (Fsp3) is 0.250. The van der Waals surface area contributed by atoms with Gasteiger partial charge in [-0.1, -0.05) is 30.3 Å². The molecule has 0 saturated carbocycles. The lowest BCUT2D eigenvalue weighted by atomic mass is 9.75. The third-order valence-electron chi connectivity index (χ3n) is 3.93. The predicted molar refractivity (Wildman–Crippen MR) is 77.7 cm³/mol. The zero-order valence-corrected chi connectivity index (χ0v) is 11.8. The lowest BCUT2D eigenvalue weighted by Gasteiger charge is -2.38. The van der Waals surface area contributed by atoms with Gasteiger partial charge in [-0.15, -0.1) is 11.8 Å². The Hall–Kier alpha value is -1.32. The van der Waals surface area contributed by atoms with Crippen molar-refractivity contribution < 1.29 is 4.39 Å². The van der Waals surface area contributed by atoms with Gasteiger partial charge in [-0.05, 0) is 43.2 Å². The minimum atomic E-state index is -0.595. The van der Waals surface area contributed by atoms with Crippen LogP contribution >= 0.6 is 11.8 Å². The highest BCUT2D eigenvalue weighted by atomic mass is 32.2. The van der Waals surface area contributed by atoms with Gasteiger partial charge in [-0.3, -0.25) is 0 Å². The van der Waals surface area contributed by atoms with Gasteiger partial charge in [0.25, 0.3) is 0 Å². The number of rotatable bonds is 1. The Balaban J connectivity index is 2.23. The molecule has 2 N–H and O–H groups in total. The van der Waals surface area contributed by atoms with Gasteiger partial charge in [0, 0.05) is 9.64 Å². The molecule has 3 heteroatoms. The SMILES string of the molecule is CC1(C)Sc2ccccc2C1(N)c1ccc(F)cc1. The van der Waals surface area contributed by atoms with Crippen molar-refractivity contribution in [3.8, 4) is 0 Å². The molecule has 1 aliphatic heterocycles. The smallest absolute Gasteiger partial charge is 0.123 e. The van der Waals surface area contributed by atoms with E-state index in [9.17, 15) is 4.39 Å². The lowest BCUT2D eigenvalue weighted by Crippen LogP contribution is -2.50. The van der Waals surface area contributed by atoms with Crippen LogP contribution in [0.1, 0.15) is 25.0 Å². The lowest BCUT2D eigenvalue weighted by molar-refractivity contribution is 0.432. The zero-order valence-electron chi connectivity index (χ0n) is 11.0. The van der Waals surface area contributed by atoms with Gasteiger partial charge < -0.3 is 5.73 Å². The van der Waals surface area contributed by atoms with E-state index in [2.05, 4.69) is 26.0 Å². The Kier molecular flexibility index (Phi) is 2.73. The summed E-state index contributed by atoms with van der Waals surface area (Å²) in [7, 11) is 0. The average Bonchev–Trinajstić information content (AvgIpc) is 2.59. The third kappa shape index (κ3) is 1.72. The minimum absolute atomic E-state index is 0.172. The van der Waals surface area contributed by atoms with Crippen LogP contribution in [0, 0.1) is 5.82 Å². The van der Waals surface area contributed by atoms with Crippen LogP contribution in [-0.4, -0.2) is 4.75 Å². The monoisotopic (exact) mass is 273 g/mol. The highest BCUT2D eigenvalue weighted by Gasteiger charge is 2.51. The quantitative estimate of drug-likeness (QED) is 0.852. The van der Waals surface area contributed by atoms with Gasteiger partial charge in [-0.25, -0.2) is 4.39 Å². The molecule has 2 aromatic rings. The standard InChI is InChI=1S/C16H16FNS/c1-15(2)16(18,11-7-9-12(17)10-8-11)13-5-3-4-6-14(13)19-15/h3-10H,18H2,1-2H3. The normalized spacial score (nSPS) is 24.2. The summed E-state index contributed by atoms with van der Waals surface area (Å²) in [5.74, 6) is -0.232. The van der Waals surface area contributed by atoms with Crippen molar-refractivity contribution >= 4 is 11.8 Å². The minimum Gasteiger partial charge on any atom is -0.317 e. The van der Waals surface area contributed by atoms with Crippen molar-refractivity contribution in [2.45, 2.75) is 29.0 Å². The molecular weight excluding hydrogens is 257 g/mol. The van der Waals surface area contributed by atoms with Crippen LogP contribution in [0.15, 0.2) is 53.4 Å². The van der Waals surface area contributed by atoms with E-state index < -0.39 is 5.54 Å². The molecule has 0 spiro atoms. The molecule has 3 rings (SSSR count). The van der Waals surface area contributed by atoms with E-state index in [1.807, 2.05) is 12.1 Å². The Morgan fingerprint density at radius 3 is 2.32 bits per heavy atom. The van der Waals surface area contributed by atoms with Gasteiger partial charge in [0.05, 0.1) is 5.54 Å². The van der Waals surface area contributed by atoms with Crippen molar-refractivity contribution in [2.75, 3.05) is 0 Å². The highest BCUT2D eigenvalue weighted by molar-refractivity contribution is 8.01. The first-order valence-electron chi connectivity index (χ1n) is 6.28. The molecule has 0 aromatic heterocycles. The van der Waals surface area contributed by atoms with Crippen molar-refractivity contribution in [2.24, 2.45) is 5.73 Å². The van der Waals surface area contributed by atoms with E-state index in [4.69, 9.17) is 5.73 Å². The van der Waals surface area contributed by atoms with Crippen LogP contribution in [0.5, 0.6) is 0 Å². The maximum atomic E-state index is 13.1. The van der Waals surface area contributed by atoms with Crippen molar-refractivity contribution in [1.82, 2.24) is 0 Å². The summed E-state index contributed by atoms with van der Waals surface area (Å²) in [6, 6.07) is 14.7. The maximum Gasteiger partial charge on any atom is 0.123 e. The van der Waals surface area contributed by atoms with Gasteiger partial charge in [0.1, 0.15) is 5.82 Å². The summed E-state index contributed by atoms with van der Waals surface area (Å²) in [6.07, 6.45) is 0. The molecule has 0 saturated heterocycles. The summed E-state index contributed by atoms with van der Waals surface area (Å²) < 4.78 is 13.0. The predicted octanol–water partition coefficient (Wildman–Crippen LogP) is 3.91. The van der Waals surface area contributed by atoms with Gasteiger partial charge >= 0.3 is 0 Å². The summed E-state index contributed by atoms with van der Waals surface area (Å²) in [5.41, 5.74) is 8.26. The first-order chi connectivity index (χ1) is 8.95. The average molecular weight is 273 g/mol. The number of hydrogen-bond donors (Lipinski definition) is 1. The number of thioether (sulfide) groups is 1. The molecular formula is C16H16FNS. The molecule has 0 fully saturated rings. The van der Waals surface area contributed by atoms with Crippen molar-refractivity contribution in [3.63, 3.8) is 0 Å². The second-order valence-electron chi connectivity index (χ2n) is 5.42. The van der Waals surface area contributed by atoms with E-state index in [0.29, 0.717) is 0 Å². The second kappa shape index (κ2) is 4.09. The maximum absolute atomic E-state index is 13.1. The van der Waals surface area contributed by atoms with Crippen LogP contribution < -0.4 is 5.73 Å². The van der Waals surface area contributed by atoms with Crippen LogP contribution in [0.25, 0.3) is 0 Å². The molecule has 2 aromatic carbocycles. The molecule has 98 valence electrons. The Labute approximate surface area is 117 Å². The molecule has 1 heterocycles. The van der Waals surface area contributed by atoms with E-state index >= 15 is 0 Å². The first-order valence-corrected chi connectivity index (χ1v) is 7.10. The molecule has 1 aliphatic rings. The molecule has 0 aliphatic carbocycles. The van der Waals surface area contributed by atoms with Crippen LogP contribution in [-0.2, 0) is 5.54 Å². The van der Waals surface area contributed by atoms with Gasteiger partial charge in [-0.2, -0.15) is 0 Å². The Morgan fingerprint density at radius 1 is 1.00 bits per heavy atom. The van der Waals surface area contributed by atoms with Gasteiger partial charge in [0.15, 0.2) is 0 Å². The number of benzene rings is 2. The number of nitrogens with two attached hydrogens (primary N) is 1. The van der Waals surface area contributed by atoms with E-state index in [0.717, 1.165) is 11.1 Å².